The van der Waals surface area contributed by atoms with Gasteiger partial charge in [-0.25, -0.2) is 0 Å². The second kappa shape index (κ2) is 7.03. The summed E-state index contributed by atoms with van der Waals surface area (Å²) in [5.74, 6) is -3.69. The number of halogens is 6. The van der Waals surface area contributed by atoms with E-state index in [1.165, 1.54) is 0 Å². The number of hydrogen-bond donors (Lipinski definition) is 3. The Morgan fingerprint density at radius 3 is 1.96 bits per heavy atom. The van der Waals surface area contributed by atoms with Crippen molar-refractivity contribution in [1.29, 1.82) is 0 Å². The van der Waals surface area contributed by atoms with E-state index in [-0.39, 0.29) is 0 Å². The van der Waals surface area contributed by atoms with Crippen LogP contribution in [0.4, 0.5) is 32.0 Å². The Kier molecular flexibility index (Phi) is 5.89. The van der Waals surface area contributed by atoms with Gasteiger partial charge in [-0.2, -0.15) is 26.3 Å². The van der Waals surface area contributed by atoms with Crippen LogP contribution in [0.1, 0.15) is 19.4 Å². The number of aliphatic hydroxyl groups is 2. The lowest BCUT2D eigenvalue weighted by atomic mass is 9.90. The first kappa shape index (κ1) is 20.9. The third-order valence-electron chi connectivity index (χ3n) is 3.59. The van der Waals surface area contributed by atoms with Crippen LogP contribution >= 0.6 is 0 Å². The summed E-state index contributed by atoms with van der Waals surface area (Å²) in [6.45, 7) is 4.44. The van der Waals surface area contributed by atoms with E-state index in [1.54, 1.807) is 18.7 Å². The highest BCUT2D eigenvalue weighted by Gasteiger charge is 2.56. The molecular formula is C15H17F6NO3. The van der Waals surface area contributed by atoms with Gasteiger partial charge in [0, 0.05) is 36.5 Å². The summed E-state index contributed by atoms with van der Waals surface area (Å²) in [4.78, 5) is 1.67. The molecule has 0 spiro atoms. The van der Waals surface area contributed by atoms with Gasteiger partial charge in [-0.1, -0.05) is 0 Å². The maximum absolute atomic E-state index is 13.2. The maximum atomic E-state index is 13.2. The quantitative estimate of drug-likeness (QED) is 0.539. The molecule has 3 N–H and O–H groups in total. The highest BCUT2D eigenvalue weighted by Crippen LogP contribution is 2.46. The first-order valence-electron chi connectivity index (χ1n) is 7.14. The number of aliphatic hydroxyl groups excluding tert-OH is 1. The van der Waals surface area contributed by atoms with Crippen LogP contribution in [0.2, 0.25) is 0 Å². The van der Waals surface area contributed by atoms with Crippen molar-refractivity contribution in [1.82, 2.24) is 0 Å². The van der Waals surface area contributed by atoms with E-state index < -0.39 is 41.1 Å². The van der Waals surface area contributed by atoms with E-state index in [1.807, 2.05) is 0 Å². The Bertz CT molecular complexity index is 637. The molecule has 0 saturated heterocycles. The third-order valence-corrected chi connectivity index (χ3v) is 3.59. The monoisotopic (exact) mass is 373 g/mol. The second-order valence-corrected chi connectivity index (χ2v) is 5.17. The molecular weight excluding hydrogens is 356 g/mol. The smallest absolute Gasteiger partial charge is 0.448 e. The van der Waals surface area contributed by atoms with Gasteiger partial charge in [-0.05, 0) is 26.0 Å². The van der Waals surface area contributed by atoms with Gasteiger partial charge in [0.1, 0.15) is 5.75 Å². The van der Waals surface area contributed by atoms with Crippen LogP contribution in [-0.4, -0.2) is 40.8 Å². The second-order valence-electron chi connectivity index (χ2n) is 5.17. The molecule has 0 aliphatic heterocycles. The summed E-state index contributed by atoms with van der Waals surface area (Å²) < 4.78 is 76.8. The average molecular weight is 373 g/mol. The predicted octanol–water partition coefficient (Wildman–Crippen LogP) is 3.99. The summed E-state index contributed by atoms with van der Waals surface area (Å²) in [5.41, 5.74) is -5.13. The Morgan fingerprint density at radius 2 is 1.60 bits per heavy atom. The van der Waals surface area contributed by atoms with Crippen molar-refractivity contribution in [3.05, 3.63) is 35.6 Å². The number of phenolic OH excluding ortho intramolecular Hbond substituents is 1. The van der Waals surface area contributed by atoms with E-state index in [4.69, 9.17) is 5.11 Å². The van der Waals surface area contributed by atoms with Gasteiger partial charge in [-0.15, -0.1) is 0 Å². The minimum absolute atomic E-state index is 0.319. The standard InChI is InChI=1S/C15H17F6NO3/c1-3-22(4-2)9-5-6-10(11(23)7-9)13(25,15(19,20)21)8-12(24)14(16,17)18/h5-8,23-25H,3-4H2,1-2H3/b12-8-/t13-/m0/s1. The van der Waals surface area contributed by atoms with Crippen LogP contribution in [0.15, 0.2) is 30.0 Å². The van der Waals surface area contributed by atoms with Crippen molar-refractivity contribution in [2.24, 2.45) is 0 Å². The van der Waals surface area contributed by atoms with E-state index in [0.29, 0.717) is 24.8 Å². The van der Waals surface area contributed by atoms with Crippen LogP contribution in [-0.2, 0) is 5.60 Å². The van der Waals surface area contributed by atoms with Crippen molar-refractivity contribution in [2.45, 2.75) is 31.8 Å². The largest absolute Gasteiger partial charge is 0.507 e. The van der Waals surface area contributed by atoms with Gasteiger partial charge in [0.25, 0.3) is 0 Å². The van der Waals surface area contributed by atoms with E-state index in [0.717, 1.165) is 12.1 Å². The van der Waals surface area contributed by atoms with Crippen molar-refractivity contribution in [3.63, 3.8) is 0 Å². The molecule has 0 fully saturated rings. The molecule has 0 heterocycles. The fraction of sp³-hybridized carbons (Fsp3) is 0.467. The van der Waals surface area contributed by atoms with Crippen LogP contribution in [0.3, 0.4) is 0 Å². The lowest BCUT2D eigenvalue weighted by Gasteiger charge is -2.30. The van der Waals surface area contributed by atoms with Gasteiger partial charge in [0.05, 0.1) is 0 Å². The van der Waals surface area contributed by atoms with Crippen molar-refractivity contribution in [3.8, 4) is 5.75 Å². The molecule has 10 heteroatoms. The molecule has 0 amide bonds. The van der Waals surface area contributed by atoms with Crippen molar-refractivity contribution in [2.75, 3.05) is 18.0 Å². The van der Waals surface area contributed by atoms with Crippen LogP contribution in [0.25, 0.3) is 0 Å². The molecule has 0 aromatic heterocycles. The summed E-state index contributed by atoms with van der Waals surface area (Å²) >= 11 is 0. The zero-order chi connectivity index (χ0) is 19.6. The number of anilines is 1. The number of allylic oxidation sites excluding steroid dienone is 1. The fourth-order valence-corrected chi connectivity index (χ4v) is 2.22. The number of phenols is 1. The normalized spacial score (nSPS) is 15.8. The predicted molar refractivity (Wildman–Crippen MR) is 78.4 cm³/mol. The van der Waals surface area contributed by atoms with Crippen LogP contribution < -0.4 is 4.90 Å². The minimum atomic E-state index is -5.62. The van der Waals surface area contributed by atoms with Gasteiger partial charge < -0.3 is 20.2 Å². The topological polar surface area (TPSA) is 63.9 Å². The number of rotatable bonds is 5. The maximum Gasteiger partial charge on any atom is 0.448 e. The van der Waals surface area contributed by atoms with Crippen molar-refractivity contribution < 1.29 is 41.7 Å². The molecule has 0 bridgehead atoms. The Morgan fingerprint density at radius 1 is 1.08 bits per heavy atom. The van der Waals surface area contributed by atoms with Crippen LogP contribution in [0.5, 0.6) is 5.75 Å². The van der Waals surface area contributed by atoms with E-state index in [9.17, 15) is 36.6 Å². The summed E-state index contributed by atoms with van der Waals surface area (Å²) in [6.07, 6.45) is -11.9. The molecule has 0 radical (unpaired) electrons. The third kappa shape index (κ3) is 4.30. The summed E-state index contributed by atoms with van der Waals surface area (Å²) in [7, 11) is 0. The summed E-state index contributed by atoms with van der Waals surface area (Å²) in [5, 5.41) is 28.6. The SMILES string of the molecule is CCN(CC)c1ccc([C@@](O)(/C=C(\O)C(F)(F)F)C(F)(F)F)c(O)c1. The molecule has 0 aliphatic carbocycles. The fourth-order valence-electron chi connectivity index (χ4n) is 2.22. The van der Waals surface area contributed by atoms with Gasteiger partial charge in [0.2, 0.25) is 5.60 Å². The molecule has 0 unspecified atom stereocenters. The Balaban J connectivity index is 3.54. The molecule has 1 aromatic rings. The number of benzene rings is 1. The molecule has 142 valence electrons. The number of aromatic hydroxyl groups is 1. The zero-order valence-corrected chi connectivity index (χ0v) is 13.3. The van der Waals surface area contributed by atoms with Gasteiger partial charge >= 0.3 is 12.4 Å². The zero-order valence-electron chi connectivity index (χ0n) is 13.3. The molecule has 4 nitrogen and oxygen atoms in total. The first-order chi connectivity index (χ1) is 11.3. The first-order valence-corrected chi connectivity index (χ1v) is 7.14. The van der Waals surface area contributed by atoms with E-state index in [2.05, 4.69) is 0 Å². The van der Waals surface area contributed by atoms with Crippen LogP contribution in [0, 0.1) is 0 Å². The van der Waals surface area contributed by atoms with Gasteiger partial charge in [-0.3, -0.25) is 0 Å². The number of alkyl halides is 6. The highest BCUT2D eigenvalue weighted by atomic mass is 19.4. The minimum Gasteiger partial charge on any atom is -0.507 e. The molecule has 1 aromatic carbocycles. The Labute approximate surface area is 139 Å². The lowest BCUT2D eigenvalue weighted by molar-refractivity contribution is -0.247. The Hall–Kier alpha value is -2.10. The average Bonchev–Trinajstić information content (AvgIpc) is 2.46. The molecule has 0 aliphatic rings. The number of nitrogens with zero attached hydrogens (tertiary/aromatic N) is 1. The lowest BCUT2D eigenvalue weighted by Crippen LogP contribution is -2.41. The summed E-state index contributed by atoms with van der Waals surface area (Å²) in [6, 6.07) is 2.69. The van der Waals surface area contributed by atoms with Gasteiger partial charge in [0.15, 0.2) is 5.76 Å². The molecule has 1 rings (SSSR count). The highest BCUT2D eigenvalue weighted by molar-refractivity contribution is 5.55. The molecule has 0 saturated carbocycles. The van der Waals surface area contributed by atoms with Crippen molar-refractivity contribution >= 4 is 5.69 Å². The molecule has 1 atom stereocenters. The van der Waals surface area contributed by atoms with E-state index >= 15 is 0 Å². The molecule has 25 heavy (non-hydrogen) atoms. The number of hydrogen-bond acceptors (Lipinski definition) is 4.